The normalized spacial score (nSPS) is 13.6. The molecular formula is C26H29NO5. The minimum atomic E-state index is -3.32. The number of rotatable bonds is 9. The van der Waals surface area contributed by atoms with Gasteiger partial charge in [0.2, 0.25) is 0 Å². The highest BCUT2D eigenvalue weighted by atomic mass is 16.7. The fourth-order valence-corrected chi connectivity index (χ4v) is 3.40. The molecule has 6 heteroatoms. The summed E-state index contributed by atoms with van der Waals surface area (Å²) in [6.07, 6.45) is -1.98. The molecule has 0 fully saturated rings. The van der Waals surface area contributed by atoms with Crippen LogP contribution in [-0.2, 0) is 0 Å². The number of hydrogen-bond donors (Lipinski definition) is 4. The molecule has 6 nitrogen and oxygen atoms in total. The monoisotopic (exact) mass is 435 g/mol. The third kappa shape index (κ3) is 6.03. The highest BCUT2D eigenvalue weighted by Crippen LogP contribution is 2.37. The molecule has 0 bridgehead atoms. The number of benzene rings is 3. The Labute approximate surface area is 188 Å². The first-order valence-corrected chi connectivity index (χ1v) is 10.4. The summed E-state index contributed by atoms with van der Waals surface area (Å²) in [6.45, 7) is 1.33. The van der Waals surface area contributed by atoms with Crippen LogP contribution in [0.25, 0.3) is 11.1 Å². The number of aliphatic hydroxyl groups excluding tert-OH is 1. The zero-order chi connectivity index (χ0) is 23.1. The Kier molecular flexibility index (Phi) is 7.80. The molecule has 0 saturated heterocycles. The van der Waals surface area contributed by atoms with E-state index in [9.17, 15) is 20.4 Å². The summed E-state index contributed by atoms with van der Waals surface area (Å²) in [5, 5.41) is 40.3. The van der Waals surface area contributed by atoms with Crippen LogP contribution in [0.3, 0.4) is 0 Å². The van der Waals surface area contributed by atoms with E-state index in [4.69, 9.17) is 4.74 Å². The molecule has 3 aromatic carbocycles. The van der Waals surface area contributed by atoms with Gasteiger partial charge in [0.25, 0.3) is 0 Å². The molecule has 0 spiro atoms. The first-order chi connectivity index (χ1) is 15.3. The van der Waals surface area contributed by atoms with Gasteiger partial charge in [0.15, 0.2) is 6.10 Å². The maximum absolute atomic E-state index is 10.8. The summed E-state index contributed by atoms with van der Waals surface area (Å²) in [6, 6.07) is 25.5. The minimum absolute atomic E-state index is 0.186. The number of hydrogen-bond acceptors (Lipinski definition) is 6. The maximum Gasteiger partial charge on any atom is 0.307 e. The lowest BCUT2D eigenvalue weighted by atomic mass is 9.86. The molecule has 32 heavy (non-hydrogen) atoms. The van der Waals surface area contributed by atoms with Gasteiger partial charge in [-0.05, 0) is 48.5 Å². The average Bonchev–Trinajstić information content (AvgIpc) is 2.78. The Balaban J connectivity index is 2.15. The first-order valence-electron chi connectivity index (χ1n) is 10.4. The van der Waals surface area contributed by atoms with Crippen molar-refractivity contribution in [1.82, 2.24) is 4.90 Å². The highest BCUT2D eigenvalue weighted by Gasteiger charge is 2.36. The first kappa shape index (κ1) is 23.7. The maximum atomic E-state index is 10.8. The Bertz CT molecular complexity index is 1010. The van der Waals surface area contributed by atoms with Crippen LogP contribution in [0.1, 0.15) is 16.7 Å². The van der Waals surface area contributed by atoms with Gasteiger partial charge in [0, 0.05) is 12.1 Å². The van der Waals surface area contributed by atoms with Gasteiger partial charge in [0.1, 0.15) is 12.4 Å². The Hall–Kier alpha value is -3.00. The van der Waals surface area contributed by atoms with Gasteiger partial charge < -0.3 is 30.1 Å². The molecule has 4 N–H and O–H groups in total. The molecule has 3 aromatic rings. The summed E-state index contributed by atoms with van der Waals surface area (Å²) in [7, 11) is 3.95. The van der Waals surface area contributed by atoms with Crippen LogP contribution in [0.5, 0.6) is 5.75 Å². The standard InChI is InChI=1S/C26H29NO5/c1-27(2)17-18-32-22-15-13-21(14-16-22)23(19-9-5-3-6-10-19)24(25(28)26(29,30)31)20-11-7-4-8-12-20/h3-16,25,28-31H,17-18H2,1-2H3/b24-23+. The molecule has 0 aliphatic heterocycles. The van der Waals surface area contributed by atoms with Crippen molar-refractivity contribution >= 4 is 11.1 Å². The minimum Gasteiger partial charge on any atom is -0.492 e. The van der Waals surface area contributed by atoms with Crippen molar-refractivity contribution in [1.29, 1.82) is 0 Å². The fraction of sp³-hybridized carbons (Fsp3) is 0.231. The predicted octanol–water partition coefficient (Wildman–Crippen LogP) is 2.58. The number of ether oxygens (including phenoxy) is 1. The van der Waals surface area contributed by atoms with E-state index in [1.165, 1.54) is 0 Å². The van der Waals surface area contributed by atoms with Crippen LogP contribution >= 0.6 is 0 Å². The van der Waals surface area contributed by atoms with Crippen LogP contribution in [0.4, 0.5) is 0 Å². The molecule has 0 aliphatic rings. The largest absolute Gasteiger partial charge is 0.492 e. The van der Waals surface area contributed by atoms with Gasteiger partial charge in [-0.2, -0.15) is 0 Å². The summed E-state index contributed by atoms with van der Waals surface area (Å²) >= 11 is 0. The van der Waals surface area contributed by atoms with E-state index in [2.05, 4.69) is 0 Å². The van der Waals surface area contributed by atoms with Crippen molar-refractivity contribution in [2.24, 2.45) is 0 Å². The average molecular weight is 436 g/mol. The van der Waals surface area contributed by atoms with Gasteiger partial charge in [-0.3, -0.25) is 0 Å². The molecule has 0 heterocycles. The fourth-order valence-electron chi connectivity index (χ4n) is 3.40. The van der Waals surface area contributed by atoms with E-state index in [1.807, 2.05) is 79.7 Å². The Morgan fingerprint density at radius 3 is 1.78 bits per heavy atom. The van der Waals surface area contributed by atoms with E-state index in [-0.39, 0.29) is 5.57 Å². The molecule has 3 rings (SSSR count). The van der Waals surface area contributed by atoms with E-state index in [0.717, 1.165) is 17.7 Å². The van der Waals surface area contributed by atoms with Gasteiger partial charge >= 0.3 is 5.97 Å². The smallest absolute Gasteiger partial charge is 0.307 e. The van der Waals surface area contributed by atoms with E-state index < -0.39 is 12.1 Å². The predicted molar refractivity (Wildman–Crippen MR) is 125 cm³/mol. The van der Waals surface area contributed by atoms with Gasteiger partial charge in [0.05, 0.1) is 0 Å². The van der Waals surface area contributed by atoms with Crippen LogP contribution in [0.15, 0.2) is 84.9 Å². The van der Waals surface area contributed by atoms with Crippen molar-refractivity contribution in [3.05, 3.63) is 102 Å². The summed E-state index contributed by atoms with van der Waals surface area (Å²) in [5.74, 6) is -2.62. The molecule has 1 atom stereocenters. The second-order valence-corrected chi connectivity index (χ2v) is 7.79. The number of nitrogens with zero attached hydrogens (tertiary/aromatic N) is 1. The summed E-state index contributed by atoms with van der Waals surface area (Å²) < 4.78 is 5.78. The van der Waals surface area contributed by atoms with Crippen molar-refractivity contribution in [2.45, 2.75) is 12.1 Å². The highest BCUT2D eigenvalue weighted by molar-refractivity contribution is 6.00. The molecular weight excluding hydrogens is 406 g/mol. The molecule has 1 unspecified atom stereocenters. The lowest BCUT2D eigenvalue weighted by Crippen LogP contribution is -2.43. The van der Waals surface area contributed by atoms with E-state index in [0.29, 0.717) is 23.5 Å². The lowest BCUT2D eigenvalue weighted by molar-refractivity contribution is -0.342. The molecule has 0 aliphatic carbocycles. The quantitative estimate of drug-likeness (QED) is 0.305. The zero-order valence-corrected chi connectivity index (χ0v) is 18.2. The lowest BCUT2D eigenvalue weighted by Gasteiger charge is -2.27. The van der Waals surface area contributed by atoms with Crippen molar-refractivity contribution in [2.75, 3.05) is 27.2 Å². The molecule has 0 saturated carbocycles. The molecule has 168 valence electrons. The van der Waals surface area contributed by atoms with Crippen LogP contribution in [-0.4, -0.2) is 64.7 Å². The van der Waals surface area contributed by atoms with Crippen LogP contribution in [0, 0.1) is 0 Å². The van der Waals surface area contributed by atoms with E-state index >= 15 is 0 Å². The molecule has 0 aromatic heterocycles. The molecule has 0 amide bonds. The SMILES string of the molecule is CN(C)CCOc1ccc(/C(=C(\c2ccccc2)C(O)C(O)(O)O)c2ccccc2)cc1. The number of aliphatic hydroxyl groups is 4. The van der Waals surface area contributed by atoms with Gasteiger partial charge in [-0.1, -0.05) is 72.8 Å². The van der Waals surface area contributed by atoms with Crippen LogP contribution in [0.2, 0.25) is 0 Å². The summed E-state index contributed by atoms with van der Waals surface area (Å²) in [4.78, 5) is 2.03. The molecule has 0 radical (unpaired) electrons. The topological polar surface area (TPSA) is 93.4 Å². The van der Waals surface area contributed by atoms with Gasteiger partial charge in [-0.15, -0.1) is 0 Å². The van der Waals surface area contributed by atoms with Crippen molar-refractivity contribution in [3.63, 3.8) is 0 Å². The van der Waals surface area contributed by atoms with Crippen molar-refractivity contribution in [3.8, 4) is 5.75 Å². The second-order valence-electron chi connectivity index (χ2n) is 7.79. The number of likely N-dealkylation sites (N-methyl/N-ethyl adjacent to an activating group) is 1. The second kappa shape index (κ2) is 10.5. The van der Waals surface area contributed by atoms with Gasteiger partial charge in [-0.25, -0.2) is 0 Å². The third-order valence-corrected chi connectivity index (χ3v) is 5.01. The third-order valence-electron chi connectivity index (χ3n) is 5.01. The Morgan fingerprint density at radius 1 is 0.781 bits per heavy atom. The van der Waals surface area contributed by atoms with E-state index in [1.54, 1.807) is 24.3 Å². The Morgan fingerprint density at radius 2 is 1.28 bits per heavy atom. The van der Waals surface area contributed by atoms with Crippen LogP contribution < -0.4 is 4.74 Å². The zero-order valence-electron chi connectivity index (χ0n) is 18.2. The van der Waals surface area contributed by atoms with Crippen molar-refractivity contribution < 1.29 is 25.2 Å². The summed E-state index contributed by atoms with van der Waals surface area (Å²) in [5.41, 5.74) is 2.76.